The van der Waals surface area contributed by atoms with Crippen LogP contribution in [0.2, 0.25) is 0 Å². The lowest BCUT2D eigenvalue weighted by Gasteiger charge is -2.10. The minimum atomic E-state index is -0.482. The summed E-state index contributed by atoms with van der Waals surface area (Å²) in [5, 5.41) is 20.1. The molecular formula is C13H10IN3O2. The second kappa shape index (κ2) is 6.76. The summed E-state index contributed by atoms with van der Waals surface area (Å²) in [5.41, 5.74) is 1.74. The van der Waals surface area contributed by atoms with Gasteiger partial charge < -0.3 is 10.1 Å². The quantitative estimate of drug-likeness (QED) is 0.504. The van der Waals surface area contributed by atoms with E-state index in [2.05, 4.69) is 27.9 Å². The van der Waals surface area contributed by atoms with Crippen molar-refractivity contribution in [3.8, 4) is 12.1 Å². The molecule has 1 rings (SSSR count). The first-order valence-electron chi connectivity index (χ1n) is 5.18. The summed E-state index contributed by atoms with van der Waals surface area (Å²) in [6, 6.07) is 6.91. The molecule has 0 saturated carbocycles. The van der Waals surface area contributed by atoms with E-state index in [1.54, 1.807) is 24.3 Å². The summed E-state index contributed by atoms with van der Waals surface area (Å²) in [6.45, 7) is 1.90. The third kappa shape index (κ3) is 3.70. The standard InChI is InChI=1S/C13H10IN3O2/c1-8-3-12(17-7-9(5-15)6-16)10(4-11(8)14)13(18)19-2/h3-4,7,17H,1-2H3. The average molecular weight is 367 g/mol. The van der Waals surface area contributed by atoms with Crippen molar-refractivity contribution in [3.05, 3.63) is 38.6 Å². The predicted octanol–water partition coefficient (Wildman–Crippen LogP) is 2.73. The first kappa shape index (κ1) is 15.0. The van der Waals surface area contributed by atoms with Crippen molar-refractivity contribution in [1.29, 1.82) is 10.5 Å². The largest absolute Gasteiger partial charge is 0.465 e. The highest BCUT2D eigenvalue weighted by molar-refractivity contribution is 14.1. The van der Waals surface area contributed by atoms with Crippen molar-refractivity contribution in [2.75, 3.05) is 12.4 Å². The third-order valence-corrected chi connectivity index (χ3v) is 3.48. The van der Waals surface area contributed by atoms with Gasteiger partial charge in [0, 0.05) is 9.77 Å². The molecule has 0 saturated heterocycles. The lowest BCUT2D eigenvalue weighted by Crippen LogP contribution is -2.07. The minimum absolute atomic E-state index is 0.0768. The number of hydrogen-bond donors (Lipinski definition) is 1. The van der Waals surface area contributed by atoms with Crippen LogP contribution in [0.15, 0.2) is 23.9 Å². The average Bonchev–Trinajstić information content (AvgIpc) is 2.42. The zero-order valence-corrected chi connectivity index (χ0v) is 12.5. The molecule has 0 bridgehead atoms. The summed E-state index contributed by atoms with van der Waals surface area (Å²) < 4.78 is 5.62. The van der Waals surface area contributed by atoms with Crippen LogP contribution >= 0.6 is 22.6 Å². The summed E-state index contributed by atoms with van der Waals surface area (Å²) >= 11 is 2.12. The molecule has 0 radical (unpaired) electrons. The van der Waals surface area contributed by atoms with Crippen LogP contribution in [0, 0.1) is 33.2 Å². The van der Waals surface area contributed by atoms with Crippen LogP contribution in [0.4, 0.5) is 5.69 Å². The lowest BCUT2D eigenvalue weighted by molar-refractivity contribution is 0.0602. The van der Waals surface area contributed by atoms with E-state index in [1.807, 2.05) is 6.92 Å². The molecule has 0 atom stereocenters. The Morgan fingerprint density at radius 1 is 1.42 bits per heavy atom. The highest BCUT2D eigenvalue weighted by Crippen LogP contribution is 2.23. The Kier molecular flexibility index (Phi) is 5.34. The van der Waals surface area contributed by atoms with E-state index in [-0.39, 0.29) is 5.57 Å². The molecule has 0 unspecified atom stereocenters. The van der Waals surface area contributed by atoms with Crippen molar-refractivity contribution in [2.24, 2.45) is 0 Å². The topological polar surface area (TPSA) is 85.9 Å². The number of hydrogen-bond acceptors (Lipinski definition) is 5. The van der Waals surface area contributed by atoms with Crippen molar-refractivity contribution in [1.82, 2.24) is 0 Å². The number of esters is 1. The van der Waals surface area contributed by atoms with Crippen LogP contribution in [0.1, 0.15) is 15.9 Å². The highest BCUT2D eigenvalue weighted by atomic mass is 127. The summed E-state index contributed by atoms with van der Waals surface area (Å²) in [4.78, 5) is 11.7. The molecule has 0 heterocycles. The molecule has 0 aromatic heterocycles. The van der Waals surface area contributed by atoms with Gasteiger partial charge in [-0.2, -0.15) is 10.5 Å². The van der Waals surface area contributed by atoms with Gasteiger partial charge in [0.05, 0.1) is 18.4 Å². The number of halogens is 1. The molecule has 5 nitrogen and oxygen atoms in total. The first-order valence-corrected chi connectivity index (χ1v) is 6.26. The number of nitriles is 2. The molecular weight excluding hydrogens is 357 g/mol. The summed E-state index contributed by atoms with van der Waals surface area (Å²) in [6.07, 6.45) is 1.26. The molecule has 6 heteroatoms. The molecule has 1 N–H and O–H groups in total. The second-order valence-electron chi connectivity index (χ2n) is 3.56. The van der Waals surface area contributed by atoms with Crippen LogP contribution < -0.4 is 5.32 Å². The number of allylic oxidation sites excluding steroid dienone is 1. The van der Waals surface area contributed by atoms with E-state index in [1.165, 1.54) is 13.3 Å². The summed E-state index contributed by atoms with van der Waals surface area (Å²) in [7, 11) is 1.30. The molecule has 0 fully saturated rings. The molecule has 96 valence electrons. The van der Waals surface area contributed by atoms with Crippen molar-refractivity contribution in [3.63, 3.8) is 0 Å². The van der Waals surface area contributed by atoms with E-state index in [0.29, 0.717) is 11.3 Å². The molecule has 0 spiro atoms. The van der Waals surface area contributed by atoms with Gasteiger partial charge in [-0.3, -0.25) is 0 Å². The SMILES string of the molecule is COC(=O)c1cc(I)c(C)cc1NC=C(C#N)C#N. The van der Waals surface area contributed by atoms with Gasteiger partial charge in [0.15, 0.2) is 0 Å². The maximum atomic E-state index is 11.7. The number of ether oxygens (including phenoxy) is 1. The maximum absolute atomic E-state index is 11.7. The number of anilines is 1. The molecule has 0 amide bonds. The number of rotatable bonds is 3. The van der Waals surface area contributed by atoms with Gasteiger partial charge in [0.25, 0.3) is 0 Å². The zero-order chi connectivity index (χ0) is 14.4. The lowest BCUT2D eigenvalue weighted by atomic mass is 10.1. The van der Waals surface area contributed by atoms with E-state index in [0.717, 1.165) is 9.13 Å². The first-order chi connectivity index (χ1) is 9.03. The number of nitrogens with zero attached hydrogens (tertiary/aromatic N) is 2. The Balaban J connectivity index is 3.23. The van der Waals surface area contributed by atoms with Gasteiger partial charge in [0.1, 0.15) is 17.7 Å². The van der Waals surface area contributed by atoms with E-state index < -0.39 is 5.97 Å². The number of aryl methyl sites for hydroxylation is 1. The normalized spacial score (nSPS) is 8.89. The Morgan fingerprint density at radius 2 is 2.05 bits per heavy atom. The molecule has 0 aliphatic rings. The molecule has 1 aromatic carbocycles. The van der Waals surface area contributed by atoms with Crippen LogP contribution in [-0.2, 0) is 4.74 Å². The molecule has 0 aliphatic carbocycles. The molecule has 19 heavy (non-hydrogen) atoms. The minimum Gasteiger partial charge on any atom is -0.465 e. The monoisotopic (exact) mass is 367 g/mol. The van der Waals surface area contributed by atoms with Crippen LogP contribution in [0.5, 0.6) is 0 Å². The fourth-order valence-electron chi connectivity index (χ4n) is 1.32. The van der Waals surface area contributed by atoms with Gasteiger partial charge in [-0.15, -0.1) is 0 Å². The fraction of sp³-hybridized carbons (Fsp3) is 0.154. The van der Waals surface area contributed by atoms with Crippen LogP contribution in [-0.4, -0.2) is 13.1 Å². The van der Waals surface area contributed by atoms with Crippen LogP contribution in [0.3, 0.4) is 0 Å². The smallest absolute Gasteiger partial charge is 0.340 e. The van der Waals surface area contributed by atoms with Gasteiger partial charge >= 0.3 is 5.97 Å². The van der Waals surface area contributed by atoms with Crippen LogP contribution in [0.25, 0.3) is 0 Å². The highest BCUT2D eigenvalue weighted by Gasteiger charge is 2.13. The number of methoxy groups -OCH3 is 1. The second-order valence-corrected chi connectivity index (χ2v) is 4.73. The zero-order valence-electron chi connectivity index (χ0n) is 10.3. The van der Waals surface area contributed by atoms with E-state index >= 15 is 0 Å². The number of benzene rings is 1. The van der Waals surface area contributed by atoms with Gasteiger partial charge in [-0.05, 0) is 47.2 Å². The van der Waals surface area contributed by atoms with Crippen molar-refractivity contribution >= 4 is 34.2 Å². The third-order valence-electron chi connectivity index (χ3n) is 2.32. The molecule has 1 aromatic rings. The van der Waals surface area contributed by atoms with E-state index in [4.69, 9.17) is 15.3 Å². The number of carbonyl (C=O) groups excluding carboxylic acids is 1. The Labute approximate surface area is 124 Å². The maximum Gasteiger partial charge on any atom is 0.340 e. The summed E-state index contributed by atoms with van der Waals surface area (Å²) in [5.74, 6) is -0.482. The Bertz CT molecular complexity index is 608. The predicted molar refractivity (Wildman–Crippen MR) is 78.2 cm³/mol. The van der Waals surface area contributed by atoms with Crippen molar-refractivity contribution in [2.45, 2.75) is 6.92 Å². The Hall–Kier alpha value is -2.06. The van der Waals surface area contributed by atoms with Crippen molar-refractivity contribution < 1.29 is 9.53 Å². The van der Waals surface area contributed by atoms with E-state index in [9.17, 15) is 4.79 Å². The van der Waals surface area contributed by atoms with Gasteiger partial charge in [-0.1, -0.05) is 0 Å². The molecule has 0 aliphatic heterocycles. The van der Waals surface area contributed by atoms with Gasteiger partial charge in [0.2, 0.25) is 0 Å². The Morgan fingerprint density at radius 3 is 2.58 bits per heavy atom. The fourth-order valence-corrected chi connectivity index (χ4v) is 1.79. The number of carbonyl (C=O) groups is 1. The van der Waals surface area contributed by atoms with Gasteiger partial charge in [-0.25, -0.2) is 4.79 Å². The number of nitrogens with one attached hydrogen (secondary N) is 1.